The van der Waals surface area contributed by atoms with Gasteiger partial charge in [0.05, 0.1) is 11.6 Å². The molecule has 2 N–H and O–H groups in total. The number of anilines is 3. The lowest BCUT2D eigenvalue weighted by Crippen LogP contribution is -2.03. The summed E-state index contributed by atoms with van der Waals surface area (Å²) in [4.78, 5) is 8.29. The molecule has 19 heavy (non-hydrogen) atoms. The van der Waals surface area contributed by atoms with Crippen molar-refractivity contribution in [3.63, 3.8) is 0 Å². The third-order valence-electron chi connectivity index (χ3n) is 2.49. The smallest absolute Gasteiger partial charge is 0.135 e. The molecule has 0 aliphatic carbocycles. The van der Waals surface area contributed by atoms with Crippen LogP contribution in [0.25, 0.3) is 0 Å². The zero-order valence-electron chi connectivity index (χ0n) is 10.7. The van der Waals surface area contributed by atoms with E-state index in [9.17, 15) is 0 Å². The minimum atomic E-state index is 0.614. The second kappa shape index (κ2) is 6.36. The fraction of sp³-hybridized carbons (Fsp3) is 0.214. The maximum Gasteiger partial charge on any atom is 0.135 e. The maximum absolute atomic E-state index is 8.86. The van der Waals surface area contributed by atoms with Gasteiger partial charge in [-0.1, -0.05) is 13.0 Å². The highest BCUT2D eigenvalue weighted by Crippen LogP contribution is 2.17. The predicted octanol–water partition coefficient (Wildman–Crippen LogP) is 2.91. The van der Waals surface area contributed by atoms with Crippen molar-refractivity contribution >= 4 is 17.3 Å². The van der Waals surface area contributed by atoms with Gasteiger partial charge in [0.25, 0.3) is 0 Å². The van der Waals surface area contributed by atoms with Crippen LogP contribution in [0.4, 0.5) is 17.3 Å². The SMILES string of the molecule is CCCNc1cc(Nc2cccc(C#N)c2)ncn1. The molecule has 0 saturated heterocycles. The average Bonchev–Trinajstić information content (AvgIpc) is 2.46. The lowest BCUT2D eigenvalue weighted by molar-refractivity contribution is 0.965. The Morgan fingerprint density at radius 3 is 2.84 bits per heavy atom. The van der Waals surface area contributed by atoms with E-state index in [0.717, 1.165) is 24.5 Å². The van der Waals surface area contributed by atoms with Gasteiger partial charge in [-0.25, -0.2) is 9.97 Å². The Balaban J connectivity index is 2.12. The molecule has 2 rings (SSSR count). The lowest BCUT2D eigenvalue weighted by Gasteiger charge is -2.08. The summed E-state index contributed by atoms with van der Waals surface area (Å²) in [5.74, 6) is 1.49. The van der Waals surface area contributed by atoms with Crippen molar-refractivity contribution in [3.8, 4) is 6.07 Å². The molecule has 1 heterocycles. The van der Waals surface area contributed by atoms with Crippen LogP contribution in [0.1, 0.15) is 18.9 Å². The Morgan fingerprint density at radius 1 is 1.21 bits per heavy atom. The van der Waals surface area contributed by atoms with Crippen molar-refractivity contribution < 1.29 is 0 Å². The van der Waals surface area contributed by atoms with E-state index in [1.165, 1.54) is 6.33 Å². The third-order valence-corrected chi connectivity index (χ3v) is 2.49. The van der Waals surface area contributed by atoms with E-state index in [1.54, 1.807) is 12.1 Å². The van der Waals surface area contributed by atoms with Crippen LogP contribution in [0.15, 0.2) is 36.7 Å². The van der Waals surface area contributed by atoms with E-state index in [-0.39, 0.29) is 0 Å². The van der Waals surface area contributed by atoms with E-state index in [1.807, 2.05) is 18.2 Å². The summed E-state index contributed by atoms with van der Waals surface area (Å²) in [6.45, 7) is 2.97. The van der Waals surface area contributed by atoms with E-state index in [0.29, 0.717) is 11.4 Å². The molecular weight excluding hydrogens is 238 g/mol. The molecule has 2 aromatic rings. The summed E-state index contributed by atoms with van der Waals surface area (Å²) < 4.78 is 0. The Labute approximate surface area is 112 Å². The molecule has 0 spiro atoms. The highest BCUT2D eigenvalue weighted by atomic mass is 15.1. The van der Waals surface area contributed by atoms with E-state index in [4.69, 9.17) is 5.26 Å². The fourth-order valence-corrected chi connectivity index (χ4v) is 1.59. The largest absolute Gasteiger partial charge is 0.370 e. The Bertz CT molecular complexity index is 588. The fourth-order valence-electron chi connectivity index (χ4n) is 1.59. The molecule has 5 heteroatoms. The molecule has 0 atom stereocenters. The molecule has 0 saturated carbocycles. The maximum atomic E-state index is 8.86. The van der Waals surface area contributed by atoms with Gasteiger partial charge < -0.3 is 10.6 Å². The highest BCUT2D eigenvalue weighted by Gasteiger charge is 2.00. The van der Waals surface area contributed by atoms with Crippen LogP contribution in [0.3, 0.4) is 0 Å². The number of nitriles is 1. The van der Waals surface area contributed by atoms with E-state index >= 15 is 0 Å². The summed E-state index contributed by atoms with van der Waals surface area (Å²) in [7, 11) is 0. The molecule has 0 fully saturated rings. The molecule has 0 bridgehead atoms. The van der Waals surface area contributed by atoms with Crippen molar-refractivity contribution in [2.45, 2.75) is 13.3 Å². The molecule has 0 aliphatic rings. The van der Waals surface area contributed by atoms with Crippen LogP contribution in [0, 0.1) is 11.3 Å². The van der Waals surface area contributed by atoms with Crippen LogP contribution in [-0.2, 0) is 0 Å². The molecule has 0 amide bonds. The third kappa shape index (κ3) is 3.68. The topological polar surface area (TPSA) is 73.6 Å². The summed E-state index contributed by atoms with van der Waals surface area (Å²) in [6, 6.07) is 11.2. The molecule has 96 valence electrons. The Hall–Kier alpha value is -2.61. The van der Waals surface area contributed by atoms with Crippen LogP contribution in [-0.4, -0.2) is 16.5 Å². The van der Waals surface area contributed by atoms with Gasteiger partial charge in [0.1, 0.15) is 18.0 Å². The van der Waals surface area contributed by atoms with Crippen LogP contribution < -0.4 is 10.6 Å². The van der Waals surface area contributed by atoms with Crippen molar-refractivity contribution in [2.24, 2.45) is 0 Å². The minimum absolute atomic E-state index is 0.614. The number of aromatic nitrogens is 2. The molecular formula is C14H15N5. The monoisotopic (exact) mass is 253 g/mol. The standard InChI is InChI=1S/C14H15N5/c1-2-6-16-13-8-14(18-10-17-13)19-12-5-3-4-11(7-12)9-15/h3-5,7-8,10H,2,6H2,1H3,(H2,16,17,18,19). The highest BCUT2D eigenvalue weighted by molar-refractivity contribution is 5.60. The molecule has 5 nitrogen and oxygen atoms in total. The molecule has 1 aromatic carbocycles. The second-order valence-electron chi connectivity index (χ2n) is 4.03. The zero-order valence-corrected chi connectivity index (χ0v) is 10.7. The van der Waals surface area contributed by atoms with Crippen molar-refractivity contribution in [3.05, 3.63) is 42.2 Å². The van der Waals surface area contributed by atoms with Gasteiger partial charge in [-0.05, 0) is 24.6 Å². The van der Waals surface area contributed by atoms with Crippen LogP contribution >= 0.6 is 0 Å². The summed E-state index contributed by atoms with van der Waals surface area (Å²) in [5.41, 5.74) is 1.45. The van der Waals surface area contributed by atoms with Crippen molar-refractivity contribution in [2.75, 3.05) is 17.2 Å². The predicted molar refractivity (Wildman–Crippen MR) is 75.3 cm³/mol. The first-order chi connectivity index (χ1) is 9.31. The number of benzene rings is 1. The van der Waals surface area contributed by atoms with Crippen LogP contribution in [0.5, 0.6) is 0 Å². The first-order valence-electron chi connectivity index (χ1n) is 6.15. The van der Waals surface area contributed by atoms with Crippen molar-refractivity contribution in [1.82, 2.24) is 9.97 Å². The van der Waals surface area contributed by atoms with Gasteiger partial charge in [-0.15, -0.1) is 0 Å². The van der Waals surface area contributed by atoms with Crippen LogP contribution in [0.2, 0.25) is 0 Å². The summed E-state index contributed by atoms with van der Waals surface area (Å²) in [6.07, 6.45) is 2.55. The summed E-state index contributed by atoms with van der Waals surface area (Å²) in [5, 5.41) is 15.2. The molecule has 1 aromatic heterocycles. The van der Waals surface area contributed by atoms with Gasteiger partial charge in [-0.2, -0.15) is 5.26 Å². The minimum Gasteiger partial charge on any atom is -0.370 e. The average molecular weight is 253 g/mol. The van der Waals surface area contributed by atoms with E-state index in [2.05, 4.69) is 33.6 Å². The van der Waals surface area contributed by atoms with Gasteiger partial charge in [0, 0.05) is 18.3 Å². The Morgan fingerprint density at radius 2 is 2.05 bits per heavy atom. The van der Waals surface area contributed by atoms with Gasteiger partial charge in [0.15, 0.2) is 0 Å². The number of hydrogen-bond acceptors (Lipinski definition) is 5. The second-order valence-corrected chi connectivity index (χ2v) is 4.03. The number of rotatable bonds is 5. The number of nitrogens with one attached hydrogen (secondary N) is 2. The summed E-state index contributed by atoms with van der Waals surface area (Å²) >= 11 is 0. The van der Waals surface area contributed by atoms with Gasteiger partial charge >= 0.3 is 0 Å². The number of hydrogen-bond donors (Lipinski definition) is 2. The number of nitrogens with zero attached hydrogens (tertiary/aromatic N) is 3. The first-order valence-corrected chi connectivity index (χ1v) is 6.15. The normalized spacial score (nSPS) is 9.68. The van der Waals surface area contributed by atoms with Crippen molar-refractivity contribution in [1.29, 1.82) is 5.26 Å². The molecule has 0 unspecified atom stereocenters. The quantitative estimate of drug-likeness (QED) is 0.857. The van der Waals surface area contributed by atoms with Gasteiger partial charge in [0.2, 0.25) is 0 Å². The molecule has 0 radical (unpaired) electrons. The zero-order chi connectivity index (χ0) is 13.5. The molecule has 0 aliphatic heterocycles. The van der Waals surface area contributed by atoms with Gasteiger partial charge in [-0.3, -0.25) is 0 Å². The lowest BCUT2D eigenvalue weighted by atomic mass is 10.2. The van der Waals surface area contributed by atoms with E-state index < -0.39 is 0 Å². The Kier molecular flexibility index (Phi) is 4.29. The first kappa shape index (κ1) is 12.8.